The average molecular weight is 294 g/mol. The van der Waals surface area contributed by atoms with Crippen molar-refractivity contribution in [3.05, 3.63) is 28.8 Å². The molecule has 0 aliphatic carbocycles. The van der Waals surface area contributed by atoms with E-state index in [1.54, 1.807) is 20.0 Å². The Morgan fingerprint density at radius 1 is 1.33 bits per heavy atom. The number of carboxylic acid groups (broad SMARTS) is 1. The first-order valence-corrected chi connectivity index (χ1v) is 6.81. The number of amides is 2. The van der Waals surface area contributed by atoms with E-state index in [4.69, 9.17) is 4.74 Å². The minimum atomic E-state index is -1.06. The molecule has 0 heterocycles. The number of urea groups is 1. The molecular weight excluding hydrogens is 272 g/mol. The first-order valence-electron chi connectivity index (χ1n) is 6.81. The second-order valence-electron chi connectivity index (χ2n) is 4.86. The molecule has 0 unspecified atom stereocenters. The molecule has 0 saturated carbocycles. The van der Waals surface area contributed by atoms with Crippen LogP contribution in [-0.2, 0) is 4.74 Å². The summed E-state index contributed by atoms with van der Waals surface area (Å²) in [5.74, 6) is -1.06. The summed E-state index contributed by atoms with van der Waals surface area (Å²) in [5.41, 5.74) is 1.99. The monoisotopic (exact) mass is 294 g/mol. The van der Waals surface area contributed by atoms with Gasteiger partial charge in [0.25, 0.3) is 0 Å². The first kappa shape index (κ1) is 17.0. The molecule has 0 saturated heterocycles. The van der Waals surface area contributed by atoms with Crippen LogP contribution in [-0.4, -0.2) is 48.8 Å². The zero-order valence-electron chi connectivity index (χ0n) is 12.9. The second-order valence-corrected chi connectivity index (χ2v) is 4.86. The van der Waals surface area contributed by atoms with Crippen LogP contribution < -0.4 is 5.32 Å². The Hall–Kier alpha value is -2.08. The normalized spacial score (nSPS) is 10.3. The molecule has 0 aliphatic rings. The van der Waals surface area contributed by atoms with Crippen molar-refractivity contribution < 1.29 is 19.4 Å². The van der Waals surface area contributed by atoms with Gasteiger partial charge in [0, 0.05) is 20.2 Å². The molecule has 2 amide bonds. The van der Waals surface area contributed by atoms with E-state index in [1.807, 2.05) is 19.9 Å². The maximum atomic E-state index is 12.1. The van der Waals surface area contributed by atoms with Crippen LogP contribution in [0.15, 0.2) is 12.1 Å². The summed E-state index contributed by atoms with van der Waals surface area (Å²) in [7, 11) is 1.64. The third kappa shape index (κ3) is 4.75. The molecule has 6 heteroatoms. The quantitative estimate of drug-likeness (QED) is 0.790. The molecule has 0 aromatic heterocycles. The highest BCUT2D eigenvalue weighted by Crippen LogP contribution is 2.23. The van der Waals surface area contributed by atoms with E-state index in [1.165, 1.54) is 4.90 Å². The van der Waals surface area contributed by atoms with Gasteiger partial charge >= 0.3 is 12.0 Å². The van der Waals surface area contributed by atoms with Gasteiger partial charge in [-0.05, 0) is 38.0 Å². The SMILES string of the molecule is CCOCCN(C)C(=O)Nc1c(C)cc(C)cc1C(=O)O. The zero-order chi connectivity index (χ0) is 16.0. The number of aryl methyl sites for hydroxylation is 2. The van der Waals surface area contributed by atoms with Crippen LogP contribution in [0.2, 0.25) is 0 Å². The number of anilines is 1. The molecule has 1 aromatic carbocycles. The lowest BCUT2D eigenvalue weighted by molar-refractivity contribution is 0.0697. The van der Waals surface area contributed by atoms with Crippen LogP contribution >= 0.6 is 0 Å². The van der Waals surface area contributed by atoms with Crippen molar-refractivity contribution in [2.45, 2.75) is 20.8 Å². The van der Waals surface area contributed by atoms with E-state index < -0.39 is 5.97 Å². The maximum absolute atomic E-state index is 12.1. The number of benzene rings is 1. The molecule has 0 radical (unpaired) electrons. The van der Waals surface area contributed by atoms with Crippen LogP contribution in [0.25, 0.3) is 0 Å². The Balaban J connectivity index is 2.87. The van der Waals surface area contributed by atoms with Crippen molar-refractivity contribution in [2.75, 3.05) is 32.1 Å². The number of hydrogen-bond acceptors (Lipinski definition) is 3. The van der Waals surface area contributed by atoms with E-state index in [2.05, 4.69) is 5.32 Å². The lowest BCUT2D eigenvalue weighted by Gasteiger charge is -2.20. The third-order valence-electron chi connectivity index (χ3n) is 3.06. The van der Waals surface area contributed by atoms with Gasteiger partial charge in [0.1, 0.15) is 0 Å². The second kappa shape index (κ2) is 7.64. The van der Waals surface area contributed by atoms with Crippen molar-refractivity contribution in [2.24, 2.45) is 0 Å². The zero-order valence-corrected chi connectivity index (χ0v) is 12.9. The number of likely N-dealkylation sites (N-methyl/N-ethyl adjacent to an activating group) is 1. The average Bonchev–Trinajstić information content (AvgIpc) is 2.41. The van der Waals surface area contributed by atoms with Crippen LogP contribution in [0, 0.1) is 13.8 Å². The molecule has 0 aliphatic heterocycles. The topological polar surface area (TPSA) is 78.9 Å². The largest absolute Gasteiger partial charge is 0.478 e. The van der Waals surface area contributed by atoms with Crippen LogP contribution in [0.3, 0.4) is 0 Å². The molecule has 21 heavy (non-hydrogen) atoms. The van der Waals surface area contributed by atoms with E-state index in [-0.39, 0.29) is 11.6 Å². The van der Waals surface area contributed by atoms with Gasteiger partial charge in [0.2, 0.25) is 0 Å². The Bertz CT molecular complexity index is 529. The number of nitrogens with zero attached hydrogens (tertiary/aromatic N) is 1. The number of carbonyl (C=O) groups is 2. The lowest BCUT2D eigenvalue weighted by Crippen LogP contribution is -2.34. The van der Waals surface area contributed by atoms with Gasteiger partial charge in [0.15, 0.2) is 0 Å². The van der Waals surface area contributed by atoms with Crippen molar-refractivity contribution in [3.63, 3.8) is 0 Å². The highest BCUT2D eigenvalue weighted by atomic mass is 16.5. The summed E-state index contributed by atoms with van der Waals surface area (Å²) in [4.78, 5) is 24.8. The number of carbonyl (C=O) groups excluding carboxylic acids is 1. The molecule has 0 spiro atoms. The maximum Gasteiger partial charge on any atom is 0.337 e. The number of hydrogen-bond donors (Lipinski definition) is 2. The predicted molar refractivity (Wildman–Crippen MR) is 81.0 cm³/mol. The molecule has 1 rings (SSSR count). The van der Waals surface area contributed by atoms with Crippen molar-refractivity contribution in [3.8, 4) is 0 Å². The Morgan fingerprint density at radius 2 is 2.00 bits per heavy atom. The highest BCUT2D eigenvalue weighted by molar-refractivity contribution is 6.01. The fraction of sp³-hybridized carbons (Fsp3) is 0.467. The minimum absolute atomic E-state index is 0.0964. The number of ether oxygens (including phenoxy) is 1. The fourth-order valence-corrected chi connectivity index (χ4v) is 1.95. The van der Waals surface area contributed by atoms with E-state index >= 15 is 0 Å². The first-order chi connectivity index (χ1) is 9.86. The standard InChI is InChI=1S/C15H22N2O4/c1-5-21-7-6-17(4)15(20)16-13-11(3)8-10(2)9-12(13)14(18)19/h8-9H,5-7H2,1-4H3,(H,16,20)(H,18,19). The summed E-state index contributed by atoms with van der Waals surface area (Å²) in [6, 6.07) is 3.03. The van der Waals surface area contributed by atoms with Crippen LogP contribution in [0.1, 0.15) is 28.4 Å². The molecule has 6 nitrogen and oxygen atoms in total. The summed E-state index contributed by atoms with van der Waals surface area (Å²) < 4.78 is 5.19. The summed E-state index contributed by atoms with van der Waals surface area (Å²) in [5, 5.41) is 11.9. The molecule has 2 N–H and O–H groups in total. The number of rotatable bonds is 6. The molecule has 0 bridgehead atoms. The van der Waals surface area contributed by atoms with Gasteiger partial charge in [-0.2, -0.15) is 0 Å². The lowest BCUT2D eigenvalue weighted by atomic mass is 10.0. The molecule has 116 valence electrons. The summed E-state index contributed by atoms with van der Waals surface area (Å²) in [6.07, 6.45) is 0. The van der Waals surface area contributed by atoms with Crippen LogP contribution in [0.4, 0.5) is 10.5 Å². The van der Waals surface area contributed by atoms with E-state index in [0.717, 1.165) is 11.1 Å². The molecular formula is C15H22N2O4. The molecule has 0 atom stereocenters. The van der Waals surface area contributed by atoms with Gasteiger partial charge in [-0.15, -0.1) is 0 Å². The Kier molecular flexibility index (Phi) is 6.17. The highest BCUT2D eigenvalue weighted by Gasteiger charge is 2.17. The van der Waals surface area contributed by atoms with Crippen molar-refractivity contribution in [1.82, 2.24) is 4.90 Å². The summed E-state index contributed by atoms with van der Waals surface area (Å²) >= 11 is 0. The van der Waals surface area contributed by atoms with Gasteiger partial charge < -0.3 is 20.1 Å². The Morgan fingerprint density at radius 3 is 2.57 bits per heavy atom. The molecule has 0 fully saturated rings. The minimum Gasteiger partial charge on any atom is -0.478 e. The Labute approximate surface area is 124 Å². The number of aromatic carboxylic acids is 1. The number of carboxylic acids is 1. The van der Waals surface area contributed by atoms with Gasteiger partial charge in [-0.1, -0.05) is 6.07 Å². The van der Waals surface area contributed by atoms with E-state index in [9.17, 15) is 14.7 Å². The molecule has 1 aromatic rings. The third-order valence-corrected chi connectivity index (χ3v) is 3.06. The number of nitrogens with one attached hydrogen (secondary N) is 1. The van der Waals surface area contributed by atoms with Gasteiger partial charge in [-0.25, -0.2) is 9.59 Å². The van der Waals surface area contributed by atoms with Crippen molar-refractivity contribution >= 4 is 17.7 Å². The summed E-state index contributed by atoms with van der Waals surface area (Å²) in [6.45, 7) is 6.95. The van der Waals surface area contributed by atoms with Gasteiger partial charge in [0.05, 0.1) is 17.9 Å². The smallest absolute Gasteiger partial charge is 0.337 e. The van der Waals surface area contributed by atoms with E-state index in [0.29, 0.717) is 25.4 Å². The van der Waals surface area contributed by atoms with Gasteiger partial charge in [-0.3, -0.25) is 0 Å². The predicted octanol–water partition coefficient (Wildman–Crippen LogP) is 2.50. The fourth-order valence-electron chi connectivity index (χ4n) is 1.95. The van der Waals surface area contributed by atoms with Crippen molar-refractivity contribution in [1.29, 1.82) is 0 Å². The van der Waals surface area contributed by atoms with Crippen LogP contribution in [0.5, 0.6) is 0 Å².